The number of nitrogens with one attached hydrogen (secondary N) is 2. The van der Waals surface area contributed by atoms with Gasteiger partial charge < -0.3 is 10.6 Å². The molecule has 0 heterocycles. The van der Waals surface area contributed by atoms with Crippen LogP contribution < -0.4 is 10.6 Å². The standard InChI is InChI=1S/C21H26N2O2/c1-5-16-8-7-9-17(6-2)21(16)23-20(25)13-19(24)22-18-11-10-14(3)12-15(18)4/h7-12H,5-6,13H2,1-4H3,(H,22,24)(H,23,25). The SMILES string of the molecule is CCc1cccc(CC)c1NC(=O)CC(=O)Nc1ccc(C)cc1C. The van der Waals surface area contributed by atoms with Crippen LogP contribution in [0.2, 0.25) is 0 Å². The van der Waals surface area contributed by atoms with Gasteiger partial charge >= 0.3 is 0 Å². The molecule has 0 aliphatic heterocycles. The van der Waals surface area contributed by atoms with E-state index >= 15 is 0 Å². The Bertz CT molecular complexity index is 759. The van der Waals surface area contributed by atoms with Gasteiger partial charge in [-0.15, -0.1) is 0 Å². The van der Waals surface area contributed by atoms with Crippen LogP contribution in [0.1, 0.15) is 42.5 Å². The lowest BCUT2D eigenvalue weighted by molar-refractivity contribution is -0.123. The Morgan fingerprint density at radius 1 is 0.880 bits per heavy atom. The van der Waals surface area contributed by atoms with E-state index in [1.807, 2.05) is 50.2 Å². The lowest BCUT2D eigenvalue weighted by atomic mass is 10.0. The number of anilines is 2. The topological polar surface area (TPSA) is 58.2 Å². The minimum absolute atomic E-state index is 0.200. The third-order valence-electron chi connectivity index (χ3n) is 4.24. The monoisotopic (exact) mass is 338 g/mol. The summed E-state index contributed by atoms with van der Waals surface area (Å²) in [7, 11) is 0. The smallest absolute Gasteiger partial charge is 0.233 e. The molecule has 0 aliphatic rings. The molecule has 25 heavy (non-hydrogen) atoms. The van der Waals surface area contributed by atoms with E-state index in [-0.39, 0.29) is 18.2 Å². The Morgan fingerprint density at radius 3 is 2.04 bits per heavy atom. The lowest BCUT2D eigenvalue weighted by Crippen LogP contribution is -2.22. The van der Waals surface area contributed by atoms with Gasteiger partial charge in [-0.2, -0.15) is 0 Å². The molecule has 2 aromatic carbocycles. The Hall–Kier alpha value is -2.62. The van der Waals surface area contributed by atoms with Crippen LogP contribution in [0, 0.1) is 13.8 Å². The maximum Gasteiger partial charge on any atom is 0.233 e. The molecule has 4 nitrogen and oxygen atoms in total. The average molecular weight is 338 g/mol. The molecule has 0 saturated carbocycles. The van der Waals surface area contributed by atoms with Gasteiger partial charge in [-0.3, -0.25) is 9.59 Å². The van der Waals surface area contributed by atoms with Crippen LogP contribution in [-0.4, -0.2) is 11.8 Å². The van der Waals surface area contributed by atoms with Crippen LogP contribution in [0.15, 0.2) is 36.4 Å². The highest BCUT2D eigenvalue weighted by molar-refractivity contribution is 6.08. The van der Waals surface area contributed by atoms with Gasteiger partial charge in [-0.25, -0.2) is 0 Å². The highest BCUT2D eigenvalue weighted by Crippen LogP contribution is 2.23. The fourth-order valence-electron chi connectivity index (χ4n) is 2.88. The van der Waals surface area contributed by atoms with Crippen LogP contribution in [0.5, 0.6) is 0 Å². The summed E-state index contributed by atoms with van der Waals surface area (Å²) in [5.74, 6) is -0.602. The highest BCUT2D eigenvalue weighted by atomic mass is 16.2. The molecular weight excluding hydrogens is 312 g/mol. The van der Waals surface area contributed by atoms with E-state index < -0.39 is 0 Å². The third kappa shape index (κ3) is 4.92. The zero-order chi connectivity index (χ0) is 18.4. The van der Waals surface area contributed by atoms with E-state index in [4.69, 9.17) is 0 Å². The van der Waals surface area contributed by atoms with Crippen LogP contribution in [0.4, 0.5) is 11.4 Å². The van der Waals surface area contributed by atoms with Gasteiger partial charge in [0, 0.05) is 11.4 Å². The molecule has 0 aliphatic carbocycles. The molecule has 0 unspecified atom stereocenters. The number of amides is 2. The van der Waals surface area contributed by atoms with Crippen LogP contribution in [0.3, 0.4) is 0 Å². The fourth-order valence-corrected chi connectivity index (χ4v) is 2.88. The predicted molar refractivity (Wildman–Crippen MR) is 103 cm³/mol. The molecule has 2 N–H and O–H groups in total. The van der Waals surface area contributed by atoms with E-state index in [0.29, 0.717) is 0 Å². The number of aryl methyl sites for hydroxylation is 4. The van der Waals surface area contributed by atoms with Crippen LogP contribution in [0.25, 0.3) is 0 Å². The van der Waals surface area contributed by atoms with Crippen LogP contribution >= 0.6 is 0 Å². The average Bonchev–Trinajstić information content (AvgIpc) is 2.57. The molecule has 132 valence electrons. The number of hydrogen-bond acceptors (Lipinski definition) is 2. The van der Waals surface area contributed by atoms with Gasteiger partial charge in [-0.1, -0.05) is 49.7 Å². The molecule has 0 fully saturated rings. The quantitative estimate of drug-likeness (QED) is 0.767. The molecule has 0 saturated heterocycles. The second kappa shape index (κ2) is 8.47. The zero-order valence-corrected chi connectivity index (χ0v) is 15.4. The number of carbonyl (C=O) groups is 2. The van der Waals surface area contributed by atoms with Gasteiger partial charge in [0.15, 0.2) is 0 Å². The molecule has 2 amide bonds. The Kier molecular flexibility index (Phi) is 6.34. The molecule has 0 spiro atoms. The van der Waals surface area contributed by atoms with E-state index in [2.05, 4.69) is 24.5 Å². The Morgan fingerprint density at radius 2 is 1.48 bits per heavy atom. The van der Waals surface area contributed by atoms with Gasteiger partial charge in [0.05, 0.1) is 0 Å². The van der Waals surface area contributed by atoms with E-state index in [0.717, 1.165) is 46.5 Å². The van der Waals surface area contributed by atoms with Crippen molar-refractivity contribution in [3.05, 3.63) is 58.7 Å². The first-order valence-electron chi connectivity index (χ1n) is 8.72. The maximum absolute atomic E-state index is 12.3. The molecule has 4 heteroatoms. The van der Waals surface area contributed by atoms with Crippen molar-refractivity contribution in [2.75, 3.05) is 10.6 Å². The first-order valence-corrected chi connectivity index (χ1v) is 8.72. The largest absolute Gasteiger partial charge is 0.325 e. The third-order valence-corrected chi connectivity index (χ3v) is 4.24. The van der Waals surface area contributed by atoms with Gasteiger partial charge in [0.25, 0.3) is 0 Å². The normalized spacial score (nSPS) is 10.4. The maximum atomic E-state index is 12.3. The Labute approximate surface area is 149 Å². The number of benzene rings is 2. The number of para-hydroxylation sites is 1. The van der Waals surface area contributed by atoms with E-state index in [1.54, 1.807) is 0 Å². The van der Waals surface area contributed by atoms with Crippen molar-refractivity contribution in [3.8, 4) is 0 Å². The van der Waals surface area contributed by atoms with Crippen molar-refractivity contribution in [2.45, 2.75) is 47.0 Å². The fraction of sp³-hybridized carbons (Fsp3) is 0.333. The summed E-state index contributed by atoms with van der Waals surface area (Å²) in [5, 5.41) is 5.73. The van der Waals surface area contributed by atoms with E-state index in [1.165, 1.54) is 0 Å². The number of carbonyl (C=O) groups excluding carboxylic acids is 2. The van der Waals surface area contributed by atoms with Gasteiger partial charge in [0.2, 0.25) is 11.8 Å². The molecule has 0 atom stereocenters. The lowest BCUT2D eigenvalue weighted by Gasteiger charge is -2.14. The molecular formula is C21H26N2O2. The number of rotatable bonds is 6. The summed E-state index contributed by atoms with van der Waals surface area (Å²) in [6, 6.07) is 11.8. The summed E-state index contributed by atoms with van der Waals surface area (Å²) in [6.45, 7) is 8.05. The highest BCUT2D eigenvalue weighted by Gasteiger charge is 2.14. The molecule has 2 rings (SSSR count). The second-order valence-corrected chi connectivity index (χ2v) is 6.25. The van der Waals surface area contributed by atoms with Crippen LogP contribution in [-0.2, 0) is 22.4 Å². The summed E-state index contributed by atoms with van der Waals surface area (Å²) in [6.07, 6.45) is 1.46. The van der Waals surface area contributed by atoms with Crippen molar-refractivity contribution in [3.63, 3.8) is 0 Å². The first kappa shape index (κ1) is 18.7. The molecule has 0 radical (unpaired) electrons. The van der Waals surface area contributed by atoms with E-state index in [9.17, 15) is 9.59 Å². The minimum Gasteiger partial charge on any atom is -0.325 e. The molecule has 0 bridgehead atoms. The van der Waals surface area contributed by atoms with Gasteiger partial charge in [-0.05, 0) is 49.4 Å². The van der Waals surface area contributed by atoms with Crippen molar-refractivity contribution in [2.24, 2.45) is 0 Å². The minimum atomic E-state index is -0.309. The molecule has 0 aromatic heterocycles. The van der Waals surface area contributed by atoms with Crippen molar-refractivity contribution >= 4 is 23.2 Å². The summed E-state index contributed by atoms with van der Waals surface area (Å²) >= 11 is 0. The summed E-state index contributed by atoms with van der Waals surface area (Å²) < 4.78 is 0. The van der Waals surface area contributed by atoms with Crippen molar-refractivity contribution in [1.29, 1.82) is 0 Å². The van der Waals surface area contributed by atoms with Crippen molar-refractivity contribution in [1.82, 2.24) is 0 Å². The first-order chi connectivity index (χ1) is 11.9. The summed E-state index contributed by atoms with van der Waals surface area (Å²) in [4.78, 5) is 24.5. The zero-order valence-electron chi connectivity index (χ0n) is 15.4. The second-order valence-electron chi connectivity index (χ2n) is 6.25. The number of hydrogen-bond donors (Lipinski definition) is 2. The van der Waals surface area contributed by atoms with Gasteiger partial charge in [0.1, 0.15) is 6.42 Å². The Balaban J connectivity index is 2.04. The predicted octanol–water partition coefficient (Wildman–Crippen LogP) is 4.40. The summed E-state index contributed by atoms with van der Waals surface area (Å²) in [5.41, 5.74) is 5.88. The van der Waals surface area contributed by atoms with Crippen molar-refractivity contribution < 1.29 is 9.59 Å². The molecule has 2 aromatic rings.